The smallest absolute Gasteiger partial charge is 0.223 e. The number of hydrogen-bond donors (Lipinski definition) is 3. The minimum atomic E-state index is 0.0814. The Kier molecular flexibility index (Phi) is 6.17. The van der Waals surface area contributed by atoms with E-state index in [0.29, 0.717) is 11.5 Å². The lowest BCUT2D eigenvalue weighted by Gasteiger charge is -2.28. The molecule has 0 saturated heterocycles. The first-order valence-corrected chi connectivity index (χ1v) is 10.7. The number of rotatable bonds is 7. The first-order valence-electron chi connectivity index (χ1n) is 10.7. The van der Waals surface area contributed by atoms with Gasteiger partial charge in [-0.25, -0.2) is 0 Å². The van der Waals surface area contributed by atoms with Crippen molar-refractivity contribution in [3.8, 4) is 5.75 Å². The highest BCUT2D eigenvalue weighted by molar-refractivity contribution is 6.08. The van der Waals surface area contributed by atoms with Gasteiger partial charge in [0.05, 0.1) is 6.10 Å². The van der Waals surface area contributed by atoms with Crippen molar-refractivity contribution in [2.75, 3.05) is 0 Å². The van der Waals surface area contributed by atoms with Gasteiger partial charge in [0.2, 0.25) is 5.91 Å². The number of carbonyl (C=O) groups is 1. The van der Waals surface area contributed by atoms with Crippen molar-refractivity contribution in [2.45, 2.75) is 50.2 Å². The first-order chi connectivity index (χ1) is 14.7. The van der Waals surface area contributed by atoms with Gasteiger partial charge < -0.3 is 21.2 Å². The molecule has 0 radical (unpaired) electrons. The molecular weight excluding hydrogens is 374 g/mol. The fourth-order valence-electron chi connectivity index (χ4n) is 4.34. The van der Waals surface area contributed by atoms with E-state index in [-0.39, 0.29) is 24.0 Å². The Hall–Kier alpha value is -3.08. The van der Waals surface area contributed by atoms with Crippen molar-refractivity contribution in [3.05, 3.63) is 71.9 Å². The molecule has 30 heavy (non-hydrogen) atoms. The van der Waals surface area contributed by atoms with E-state index in [1.165, 1.54) is 18.0 Å². The Bertz CT molecular complexity index is 917. The molecule has 2 aromatic carbocycles. The molecule has 2 atom stereocenters. The molecule has 4 N–H and O–H groups in total. The van der Waals surface area contributed by atoms with Crippen LogP contribution in [0.4, 0.5) is 0 Å². The normalized spacial score (nSPS) is 25.9. The highest BCUT2D eigenvalue weighted by Crippen LogP contribution is 2.41. The molecule has 0 aromatic heterocycles. The minimum absolute atomic E-state index is 0.0814. The van der Waals surface area contributed by atoms with Crippen LogP contribution in [0, 0.1) is 11.3 Å². The summed E-state index contributed by atoms with van der Waals surface area (Å²) in [5, 5.41) is 10.7. The summed E-state index contributed by atoms with van der Waals surface area (Å²) in [5.74, 6) is 1.53. The molecule has 1 amide bonds. The zero-order valence-corrected chi connectivity index (χ0v) is 17.1. The Morgan fingerprint density at radius 2 is 1.83 bits per heavy atom. The number of carbonyl (C=O) groups excluding carboxylic acids is 1. The molecule has 2 aliphatic rings. The number of nitrogens with two attached hydrogens (primary N) is 1. The summed E-state index contributed by atoms with van der Waals surface area (Å²) in [6.07, 6.45) is 7.29. The van der Waals surface area contributed by atoms with Crippen molar-refractivity contribution in [1.82, 2.24) is 5.32 Å². The number of ether oxygens (including phenoxy) is 1. The summed E-state index contributed by atoms with van der Waals surface area (Å²) < 4.78 is 6.16. The van der Waals surface area contributed by atoms with Crippen molar-refractivity contribution < 1.29 is 9.53 Å². The van der Waals surface area contributed by atoms with Crippen LogP contribution in [-0.4, -0.2) is 24.3 Å². The maximum atomic E-state index is 12.7. The number of amides is 1. The second-order valence-corrected chi connectivity index (χ2v) is 8.25. The Morgan fingerprint density at radius 3 is 2.53 bits per heavy atom. The van der Waals surface area contributed by atoms with Crippen LogP contribution in [0.3, 0.4) is 0 Å². The van der Waals surface area contributed by atoms with Crippen LogP contribution in [0.25, 0.3) is 5.57 Å². The monoisotopic (exact) mass is 403 g/mol. The Morgan fingerprint density at radius 1 is 1.07 bits per heavy atom. The standard InChI is InChI=1S/C25H29N3O2/c26-15-20(16-27)19-7-4-8-22(13-19)30-21-11-9-18(10-12-21)25(29)28-24-14-23(24)17-5-2-1-3-6-17/h1-8,13,15-16,18,21,23-24,26H,9-12,14,27H2,(H,28,29). The summed E-state index contributed by atoms with van der Waals surface area (Å²) in [7, 11) is 0. The second-order valence-electron chi connectivity index (χ2n) is 8.25. The summed E-state index contributed by atoms with van der Waals surface area (Å²) in [6, 6.07) is 18.4. The summed E-state index contributed by atoms with van der Waals surface area (Å²) in [4.78, 5) is 12.7. The third kappa shape index (κ3) is 4.73. The predicted molar refractivity (Wildman–Crippen MR) is 119 cm³/mol. The van der Waals surface area contributed by atoms with Crippen LogP contribution in [0.2, 0.25) is 0 Å². The third-order valence-corrected chi connectivity index (χ3v) is 6.20. The van der Waals surface area contributed by atoms with Crippen LogP contribution < -0.4 is 15.8 Å². The Labute approximate surface area is 177 Å². The highest BCUT2D eigenvalue weighted by atomic mass is 16.5. The zero-order valence-electron chi connectivity index (χ0n) is 17.1. The van der Waals surface area contributed by atoms with Gasteiger partial charge >= 0.3 is 0 Å². The molecule has 2 fully saturated rings. The second kappa shape index (κ2) is 9.16. The summed E-state index contributed by atoms with van der Waals surface area (Å²) in [5.41, 5.74) is 8.43. The van der Waals surface area contributed by atoms with E-state index in [2.05, 4.69) is 29.6 Å². The molecule has 0 bridgehead atoms. The predicted octanol–water partition coefficient (Wildman–Crippen LogP) is 4.25. The molecule has 5 nitrogen and oxygen atoms in total. The van der Waals surface area contributed by atoms with E-state index in [4.69, 9.17) is 15.9 Å². The van der Waals surface area contributed by atoms with Crippen LogP contribution >= 0.6 is 0 Å². The fourth-order valence-corrected chi connectivity index (χ4v) is 4.34. The van der Waals surface area contributed by atoms with E-state index >= 15 is 0 Å². The van der Waals surface area contributed by atoms with Gasteiger partial charge in [-0.15, -0.1) is 0 Å². The highest BCUT2D eigenvalue weighted by Gasteiger charge is 2.40. The van der Waals surface area contributed by atoms with E-state index in [0.717, 1.165) is 43.4 Å². The largest absolute Gasteiger partial charge is 0.490 e. The Balaban J connectivity index is 1.25. The molecular formula is C25H29N3O2. The third-order valence-electron chi connectivity index (χ3n) is 6.20. The lowest BCUT2D eigenvalue weighted by Crippen LogP contribution is -2.36. The van der Waals surface area contributed by atoms with Gasteiger partial charge in [0.1, 0.15) is 5.75 Å². The van der Waals surface area contributed by atoms with Crippen molar-refractivity contribution >= 4 is 17.7 Å². The SMILES string of the molecule is N=CC(=CN)c1cccc(OC2CCC(C(=O)NC3CC3c3ccccc3)CC2)c1. The van der Waals surface area contributed by atoms with E-state index in [9.17, 15) is 4.79 Å². The minimum Gasteiger partial charge on any atom is -0.490 e. The van der Waals surface area contributed by atoms with Crippen molar-refractivity contribution in [2.24, 2.45) is 11.7 Å². The number of hydrogen-bond acceptors (Lipinski definition) is 4. The summed E-state index contributed by atoms with van der Waals surface area (Å²) >= 11 is 0. The van der Waals surface area contributed by atoms with Crippen LogP contribution in [0.5, 0.6) is 5.75 Å². The molecule has 156 valence electrons. The molecule has 2 unspecified atom stereocenters. The first kappa shape index (κ1) is 20.2. The molecule has 0 heterocycles. The van der Waals surface area contributed by atoms with Gasteiger partial charge in [-0.05, 0) is 55.4 Å². The molecule has 2 saturated carbocycles. The molecule has 5 heteroatoms. The average molecular weight is 404 g/mol. The quantitative estimate of drug-likeness (QED) is 0.604. The lowest BCUT2D eigenvalue weighted by atomic mass is 9.86. The fraction of sp³-hybridized carbons (Fsp3) is 0.360. The number of nitrogens with one attached hydrogen (secondary N) is 2. The number of allylic oxidation sites excluding steroid dienone is 1. The van der Waals surface area contributed by atoms with Crippen molar-refractivity contribution in [3.63, 3.8) is 0 Å². The van der Waals surface area contributed by atoms with Gasteiger partial charge in [0.15, 0.2) is 0 Å². The van der Waals surface area contributed by atoms with E-state index < -0.39 is 0 Å². The lowest BCUT2D eigenvalue weighted by molar-refractivity contribution is -0.126. The molecule has 2 aliphatic carbocycles. The van der Waals surface area contributed by atoms with Crippen LogP contribution in [-0.2, 0) is 4.79 Å². The van der Waals surface area contributed by atoms with Gasteiger partial charge in [0, 0.05) is 35.9 Å². The zero-order chi connectivity index (χ0) is 20.9. The van der Waals surface area contributed by atoms with Gasteiger partial charge in [-0.2, -0.15) is 0 Å². The molecule has 2 aromatic rings. The van der Waals surface area contributed by atoms with Gasteiger partial charge in [0.25, 0.3) is 0 Å². The maximum Gasteiger partial charge on any atom is 0.223 e. The summed E-state index contributed by atoms with van der Waals surface area (Å²) in [6.45, 7) is 0. The maximum absolute atomic E-state index is 12.7. The van der Waals surface area contributed by atoms with Crippen molar-refractivity contribution in [1.29, 1.82) is 5.41 Å². The van der Waals surface area contributed by atoms with Crippen LogP contribution in [0.15, 0.2) is 60.8 Å². The van der Waals surface area contributed by atoms with E-state index in [1.807, 2.05) is 30.3 Å². The molecule has 4 rings (SSSR count). The average Bonchev–Trinajstić information content (AvgIpc) is 3.55. The number of benzene rings is 2. The molecule has 0 spiro atoms. The van der Waals surface area contributed by atoms with Gasteiger partial charge in [-0.1, -0.05) is 42.5 Å². The van der Waals surface area contributed by atoms with Crippen LogP contribution in [0.1, 0.15) is 49.1 Å². The molecule has 0 aliphatic heterocycles. The van der Waals surface area contributed by atoms with Gasteiger partial charge in [-0.3, -0.25) is 4.79 Å². The topological polar surface area (TPSA) is 88.2 Å². The van der Waals surface area contributed by atoms with E-state index in [1.54, 1.807) is 0 Å².